The predicted molar refractivity (Wildman–Crippen MR) is 55.3 cm³/mol. The first-order valence-corrected chi connectivity index (χ1v) is 4.21. The number of aromatic nitrogens is 1. The zero-order valence-electron chi connectivity index (χ0n) is 7.19. The Labute approximate surface area is 81.8 Å². The van der Waals surface area contributed by atoms with Crippen molar-refractivity contribution >= 4 is 23.1 Å². The van der Waals surface area contributed by atoms with Crippen molar-refractivity contribution < 1.29 is 5.11 Å². The van der Waals surface area contributed by atoms with Crippen LogP contribution in [0.15, 0.2) is 18.3 Å². The smallest absolute Gasteiger partial charge is 0.169 e. The number of aliphatic hydroxyl groups is 1. The number of pyridine rings is 1. The SMILES string of the molecule is CC(O)c1cccnc1NC(N)=S. The number of thiocarbonyl (C=S) groups is 1. The summed E-state index contributed by atoms with van der Waals surface area (Å²) in [5.41, 5.74) is 5.97. The first-order chi connectivity index (χ1) is 6.11. The zero-order chi connectivity index (χ0) is 9.84. The topological polar surface area (TPSA) is 71.2 Å². The van der Waals surface area contributed by atoms with Crippen LogP contribution in [0.1, 0.15) is 18.6 Å². The summed E-state index contributed by atoms with van der Waals surface area (Å²) < 4.78 is 0. The third kappa shape index (κ3) is 2.64. The number of nitrogens with two attached hydrogens (primary N) is 1. The van der Waals surface area contributed by atoms with Gasteiger partial charge in [0.05, 0.1) is 6.10 Å². The Morgan fingerprint density at radius 1 is 1.77 bits per heavy atom. The van der Waals surface area contributed by atoms with Crippen molar-refractivity contribution in [3.05, 3.63) is 23.9 Å². The fourth-order valence-corrected chi connectivity index (χ4v) is 1.07. The highest BCUT2D eigenvalue weighted by atomic mass is 32.1. The summed E-state index contributed by atoms with van der Waals surface area (Å²) in [4.78, 5) is 4.00. The van der Waals surface area contributed by atoms with Crippen LogP contribution >= 0.6 is 12.2 Å². The van der Waals surface area contributed by atoms with Crippen molar-refractivity contribution in [3.63, 3.8) is 0 Å². The average Bonchev–Trinajstić information content (AvgIpc) is 2.03. The molecule has 0 bridgehead atoms. The standard InChI is InChI=1S/C8H11N3OS/c1-5(12)6-3-2-4-10-7(6)11-8(9)13/h2-5,12H,1H3,(H3,9,10,11,13). The Morgan fingerprint density at radius 2 is 2.46 bits per heavy atom. The second-order valence-corrected chi connectivity index (χ2v) is 3.05. The molecule has 5 heteroatoms. The molecule has 0 saturated carbocycles. The number of hydrogen-bond donors (Lipinski definition) is 3. The molecule has 0 radical (unpaired) electrons. The van der Waals surface area contributed by atoms with Gasteiger partial charge < -0.3 is 16.2 Å². The minimum absolute atomic E-state index is 0.139. The van der Waals surface area contributed by atoms with Crippen molar-refractivity contribution in [2.75, 3.05) is 5.32 Å². The third-order valence-corrected chi connectivity index (χ3v) is 1.63. The van der Waals surface area contributed by atoms with E-state index >= 15 is 0 Å². The molecule has 13 heavy (non-hydrogen) atoms. The Morgan fingerprint density at radius 3 is 3.00 bits per heavy atom. The Bertz CT molecular complexity index is 314. The second-order valence-electron chi connectivity index (χ2n) is 2.61. The van der Waals surface area contributed by atoms with E-state index in [1.807, 2.05) is 0 Å². The lowest BCUT2D eigenvalue weighted by Gasteiger charge is -2.10. The summed E-state index contributed by atoms with van der Waals surface area (Å²) in [6.45, 7) is 1.65. The maximum absolute atomic E-state index is 9.35. The number of hydrogen-bond acceptors (Lipinski definition) is 3. The van der Waals surface area contributed by atoms with E-state index in [4.69, 9.17) is 5.73 Å². The number of nitrogens with zero attached hydrogens (tertiary/aromatic N) is 1. The molecule has 70 valence electrons. The van der Waals surface area contributed by atoms with Crippen LogP contribution in [0, 0.1) is 0 Å². The van der Waals surface area contributed by atoms with Crippen molar-refractivity contribution in [2.24, 2.45) is 5.73 Å². The molecule has 0 aliphatic rings. The van der Waals surface area contributed by atoms with Gasteiger partial charge in [-0.1, -0.05) is 6.07 Å². The minimum Gasteiger partial charge on any atom is -0.389 e. The third-order valence-electron chi connectivity index (χ3n) is 1.53. The van der Waals surface area contributed by atoms with Crippen LogP contribution in [0.2, 0.25) is 0 Å². The molecule has 1 aromatic rings. The fourth-order valence-electron chi connectivity index (χ4n) is 0.976. The van der Waals surface area contributed by atoms with Crippen LogP contribution in [0.5, 0.6) is 0 Å². The molecule has 1 heterocycles. The fraction of sp³-hybridized carbons (Fsp3) is 0.250. The summed E-state index contributed by atoms with van der Waals surface area (Å²) in [6, 6.07) is 3.51. The summed E-state index contributed by atoms with van der Waals surface area (Å²) in [7, 11) is 0. The maximum Gasteiger partial charge on any atom is 0.169 e. The molecule has 1 unspecified atom stereocenters. The molecule has 0 aliphatic heterocycles. The first-order valence-electron chi connectivity index (χ1n) is 3.80. The van der Waals surface area contributed by atoms with Crippen LogP contribution in [0.4, 0.5) is 5.82 Å². The molecular weight excluding hydrogens is 186 g/mol. The number of anilines is 1. The molecule has 1 rings (SSSR count). The van der Waals surface area contributed by atoms with Crippen molar-refractivity contribution in [1.29, 1.82) is 0 Å². The molecule has 0 saturated heterocycles. The van der Waals surface area contributed by atoms with Gasteiger partial charge in [-0.2, -0.15) is 0 Å². The van der Waals surface area contributed by atoms with E-state index in [-0.39, 0.29) is 5.11 Å². The number of aliphatic hydroxyl groups excluding tert-OH is 1. The van der Waals surface area contributed by atoms with Crippen LogP contribution < -0.4 is 11.1 Å². The van der Waals surface area contributed by atoms with Crippen molar-refractivity contribution in [1.82, 2.24) is 4.98 Å². The Balaban J connectivity index is 2.97. The number of nitrogens with one attached hydrogen (secondary N) is 1. The van der Waals surface area contributed by atoms with Gasteiger partial charge in [0.15, 0.2) is 5.11 Å². The quantitative estimate of drug-likeness (QED) is 0.611. The molecule has 0 fully saturated rings. The molecule has 1 aromatic heterocycles. The van der Waals surface area contributed by atoms with Crippen LogP contribution in [0.3, 0.4) is 0 Å². The van der Waals surface area contributed by atoms with Gasteiger partial charge in [0.25, 0.3) is 0 Å². The summed E-state index contributed by atoms with van der Waals surface area (Å²) in [5, 5.41) is 12.2. The van der Waals surface area contributed by atoms with Gasteiger partial charge >= 0.3 is 0 Å². The normalized spacial score (nSPS) is 12.2. The van der Waals surface area contributed by atoms with Gasteiger partial charge in [-0.05, 0) is 25.2 Å². The minimum atomic E-state index is -0.592. The van der Waals surface area contributed by atoms with E-state index < -0.39 is 6.10 Å². The van der Waals surface area contributed by atoms with Crippen molar-refractivity contribution in [2.45, 2.75) is 13.0 Å². The lowest BCUT2D eigenvalue weighted by Crippen LogP contribution is -2.21. The first kappa shape index (κ1) is 9.88. The van der Waals surface area contributed by atoms with E-state index in [0.29, 0.717) is 11.4 Å². The van der Waals surface area contributed by atoms with Gasteiger partial charge in [-0.3, -0.25) is 0 Å². The van der Waals surface area contributed by atoms with E-state index in [1.165, 1.54) is 0 Å². The molecule has 4 nitrogen and oxygen atoms in total. The predicted octanol–water partition coefficient (Wildman–Crippen LogP) is 0.790. The molecule has 0 amide bonds. The molecule has 0 aromatic carbocycles. The molecule has 0 aliphatic carbocycles. The van der Waals surface area contributed by atoms with E-state index in [1.54, 1.807) is 25.3 Å². The Hall–Kier alpha value is -1.20. The van der Waals surface area contributed by atoms with Gasteiger partial charge in [0.1, 0.15) is 5.82 Å². The van der Waals surface area contributed by atoms with E-state index in [2.05, 4.69) is 22.5 Å². The average molecular weight is 197 g/mol. The molecule has 4 N–H and O–H groups in total. The summed E-state index contributed by atoms with van der Waals surface area (Å²) in [5.74, 6) is 0.505. The van der Waals surface area contributed by atoms with Crippen LogP contribution in [0.25, 0.3) is 0 Å². The van der Waals surface area contributed by atoms with Gasteiger partial charge in [-0.15, -0.1) is 0 Å². The van der Waals surface area contributed by atoms with Gasteiger partial charge in [-0.25, -0.2) is 4.98 Å². The molecule has 0 spiro atoms. The Kier molecular flexibility index (Phi) is 3.16. The van der Waals surface area contributed by atoms with Crippen LogP contribution in [-0.2, 0) is 0 Å². The van der Waals surface area contributed by atoms with E-state index in [9.17, 15) is 5.11 Å². The largest absolute Gasteiger partial charge is 0.389 e. The number of rotatable bonds is 2. The highest BCUT2D eigenvalue weighted by molar-refractivity contribution is 7.80. The van der Waals surface area contributed by atoms with Crippen molar-refractivity contribution in [3.8, 4) is 0 Å². The van der Waals surface area contributed by atoms with Gasteiger partial charge in [0.2, 0.25) is 0 Å². The highest BCUT2D eigenvalue weighted by Crippen LogP contribution is 2.19. The molecular formula is C8H11N3OS. The summed E-state index contributed by atoms with van der Waals surface area (Å²) >= 11 is 4.67. The van der Waals surface area contributed by atoms with Gasteiger partial charge in [0, 0.05) is 11.8 Å². The lowest BCUT2D eigenvalue weighted by molar-refractivity contribution is 0.199. The van der Waals surface area contributed by atoms with Crippen LogP contribution in [-0.4, -0.2) is 15.2 Å². The second kappa shape index (κ2) is 4.15. The monoisotopic (exact) mass is 197 g/mol. The maximum atomic E-state index is 9.35. The summed E-state index contributed by atoms with van der Waals surface area (Å²) in [6.07, 6.45) is 1.01. The van der Waals surface area contributed by atoms with E-state index in [0.717, 1.165) is 0 Å². The zero-order valence-corrected chi connectivity index (χ0v) is 8.01. The molecule has 1 atom stereocenters. The highest BCUT2D eigenvalue weighted by Gasteiger charge is 2.07. The lowest BCUT2D eigenvalue weighted by atomic mass is 10.1.